The van der Waals surface area contributed by atoms with Gasteiger partial charge in [0.1, 0.15) is 10.7 Å². The van der Waals surface area contributed by atoms with Crippen LogP contribution >= 0.6 is 11.3 Å². The Morgan fingerprint density at radius 1 is 1.40 bits per heavy atom. The second-order valence-corrected chi connectivity index (χ2v) is 7.45. The van der Waals surface area contributed by atoms with E-state index in [0.717, 1.165) is 28.1 Å². The summed E-state index contributed by atoms with van der Waals surface area (Å²) in [4.78, 5) is 21.7. The van der Waals surface area contributed by atoms with Crippen molar-refractivity contribution in [2.45, 2.75) is 46.6 Å². The molecule has 1 saturated carbocycles. The largest absolute Gasteiger partial charge is 0.309 e. The number of thiophene rings is 1. The van der Waals surface area contributed by atoms with E-state index in [2.05, 4.69) is 22.2 Å². The molecule has 0 unspecified atom stereocenters. The third kappa shape index (κ3) is 2.40. The number of hydrogen-bond acceptors (Lipinski definition) is 4. The summed E-state index contributed by atoms with van der Waals surface area (Å²) in [6.07, 6.45) is 3.94. The molecule has 2 aromatic heterocycles. The molecule has 4 nitrogen and oxygen atoms in total. The highest BCUT2D eigenvalue weighted by Crippen LogP contribution is 2.39. The number of fused-ring (bicyclic) bond motifs is 1. The Morgan fingerprint density at radius 2 is 2.15 bits per heavy atom. The summed E-state index contributed by atoms with van der Waals surface area (Å²) in [7, 11) is 0. The van der Waals surface area contributed by atoms with Gasteiger partial charge in [-0.1, -0.05) is 13.3 Å². The minimum absolute atomic E-state index is 0.0106. The maximum absolute atomic E-state index is 12.1. The molecule has 5 heteroatoms. The van der Waals surface area contributed by atoms with E-state index in [1.54, 1.807) is 11.3 Å². The van der Waals surface area contributed by atoms with Gasteiger partial charge in [0.25, 0.3) is 5.56 Å². The lowest BCUT2D eigenvalue weighted by molar-refractivity contribution is 0.156. The molecule has 2 aromatic rings. The van der Waals surface area contributed by atoms with E-state index >= 15 is 0 Å². The van der Waals surface area contributed by atoms with Gasteiger partial charge in [-0.25, -0.2) is 4.98 Å². The molecular weight excluding hydrogens is 270 g/mol. The normalized spacial score (nSPS) is 17.4. The summed E-state index contributed by atoms with van der Waals surface area (Å²) in [6, 6.07) is 0. The second-order valence-electron chi connectivity index (χ2n) is 6.24. The number of rotatable bonds is 4. The Labute approximate surface area is 122 Å². The summed E-state index contributed by atoms with van der Waals surface area (Å²) in [5.74, 6) is 0.742. The van der Waals surface area contributed by atoms with E-state index in [4.69, 9.17) is 0 Å². The Kier molecular flexibility index (Phi) is 3.42. The highest BCUT2D eigenvalue weighted by atomic mass is 32.1. The molecule has 0 bridgehead atoms. The Balaban J connectivity index is 1.77. The number of aryl methyl sites for hydroxylation is 2. The van der Waals surface area contributed by atoms with Gasteiger partial charge >= 0.3 is 0 Å². The van der Waals surface area contributed by atoms with Gasteiger partial charge in [0.05, 0.1) is 11.9 Å². The van der Waals surface area contributed by atoms with Crippen molar-refractivity contribution in [3.8, 4) is 0 Å². The quantitative estimate of drug-likeness (QED) is 0.910. The lowest BCUT2D eigenvalue weighted by Crippen LogP contribution is -2.37. The molecule has 108 valence electrons. The summed E-state index contributed by atoms with van der Waals surface area (Å²) in [5, 5.41) is 4.18. The first-order valence-electron chi connectivity index (χ1n) is 7.18. The second kappa shape index (κ2) is 4.97. The van der Waals surface area contributed by atoms with Crippen LogP contribution < -0.4 is 10.9 Å². The predicted octanol–water partition coefficient (Wildman–Crippen LogP) is 2.88. The van der Waals surface area contributed by atoms with E-state index in [-0.39, 0.29) is 5.56 Å². The molecule has 0 saturated heterocycles. The molecule has 3 rings (SSSR count). The first-order chi connectivity index (χ1) is 9.48. The van der Waals surface area contributed by atoms with Crippen LogP contribution in [0.25, 0.3) is 10.2 Å². The molecule has 2 heterocycles. The number of hydrogen-bond donors (Lipinski definition) is 2. The van der Waals surface area contributed by atoms with E-state index in [0.29, 0.717) is 12.0 Å². The highest BCUT2D eigenvalue weighted by molar-refractivity contribution is 7.18. The summed E-state index contributed by atoms with van der Waals surface area (Å²) in [6.45, 7) is 7.97. The van der Waals surface area contributed by atoms with Crippen LogP contribution in [0.4, 0.5) is 0 Å². The van der Waals surface area contributed by atoms with Gasteiger partial charge in [0, 0.05) is 11.4 Å². The number of nitrogens with zero attached hydrogens (tertiary/aromatic N) is 1. The molecule has 0 aliphatic heterocycles. The molecule has 0 spiro atoms. The Morgan fingerprint density at radius 3 is 2.80 bits per heavy atom. The van der Waals surface area contributed by atoms with Crippen molar-refractivity contribution in [1.82, 2.24) is 15.3 Å². The average Bonchev–Trinajstić information content (AvgIpc) is 2.63. The van der Waals surface area contributed by atoms with Crippen LogP contribution in [0.1, 0.15) is 42.5 Å². The number of nitrogens with one attached hydrogen (secondary N) is 2. The lowest BCUT2D eigenvalue weighted by Gasteiger charge is -2.38. The SMILES string of the molecule is Cc1sc2nc(CNCC3(C)CCC3)[nH]c(=O)c2c1C. The van der Waals surface area contributed by atoms with Gasteiger partial charge in [-0.05, 0) is 37.7 Å². The van der Waals surface area contributed by atoms with Crippen molar-refractivity contribution in [2.75, 3.05) is 6.54 Å². The minimum Gasteiger partial charge on any atom is -0.309 e. The summed E-state index contributed by atoms with van der Waals surface area (Å²) in [5.41, 5.74) is 1.49. The van der Waals surface area contributed by atoms with Crippen molar-refractivity contribution in [2.24, 2.45) is 5.41 Å². The zero-order valence-corrected chi connectivity index (χ0v) is 13.1. The molecule has 0 atom stereocenters. The monoisotopic (exact) mass is 291 g/mol. The van der Waals surface area contributed by atoms with Crippen molar-refractivity contribution < 1.29 is 0 Å². The Hall–Kier alpha value is -1.20. The fourth-order valence-electron chi connectivity index (χ4n) is 2.82. The molecule has 1 aliphatic carbocycles. The van der Waals surface area contributed by atoms with Crippen LogP contribution in [0.2, 0.25) is 0 Å². The number of H-pyrrole nitrogens is 1. The lowest BCUT2D eigenvalue weighted by atomic mass is 9.70. The van der Waals surface area contributed by atoms with Crippen LogP contribution in [0.5, 0.6) is 0 Å². The smallest absolute Gasteiger partial charge is 0.259 e. The first-order valence-corrected chi connectivity index (χ1v) is 8.00. The first kappa shape index (κ1) is 13.8. The molecule has 1 fully saturated rings. The standard InChI is InChI=1S/C15H21N3OS/c1-9-10(2)20-14-12(9)13(19)17-11(18-14)7-16-8-15(3)5-4-6-15/h16H,4-8H2,1-3H3,(H,17,18,19). The zero-order chi connectivity index (χ0) is 14.3. The van der Waals surface area contributed by atoms with Crippen LogP contribution in [-0.4, -0.2) is 16.5 Å². The highest BCUT2D eigenvalue weighted by Gasteiger charge is 2.30. The molecule has 1 aliphatic rings. The molecule has 0 amide bonds. The maximum atomic E-state index is 12.1. The molecule has 0 aromatic carbocycles. The topological polar surface area (TPSA) is 57.8 Å². The third-order valence-corrected chi connectivity index (χ3v) is 5.59. The van der Waals surface area contributed by atoms with Gasteiger partial charge in [0.15, 0.2) is 0 Å². The predicted molar refractivity (Wildman–Crippen MR) is 83.4 cm³/mol. The van der Waals surface area contributed by atoms with Gasteiger partial charge in [0.2, 0.25) is 0 Å². The van der Waals surface area contributed by atoms with Crippen LogP contribution in [0.15, 0.2) is 4.79 Å². The summed E-state index contributed by atoms with van der Waals surface area (Å²) < 4.78 is 0. The van der Waals surface area contributed by atoms with Crippen molar-refractivity contribution in [3.05, 3.63) is 26.6 Å². The van der Waals surface area contributed by atoms with Crippen molar-refractivity contribution in [3.63, 3.8) is 0 Å². The van der Waals surface area contributed by atoms with Gasteiger partial charge < -0.3 is 10.3 Å². The van der Waals surface area contributed by atoms with Gasteiger partial charge in [-0.3, -0.25) is 4.79 Å². The Bertz CT molecular complexity index is 697. The van der Waals surface area contributed by atoms with E-state index < -0.39 is 0 Å². The zero-order valence-electron chi connectivity index (χ0n) is 12.3. The van der Waals surface area contributed by atoms with Gasteiger partial charge in [-0.15, -0.1) is 11.3 Å². The molecular formula is C15H21N3OS. The van der Waals surface area contributed by atoms with Gasteiger partial charge in [-0.2, -0.15) is 0 Å². The van der Waals surface area contributed by atoms with E-state index in [1.807, 2.05) is 13.8 Å². The van der Waals surface area contributed by atoms with Crippen LogP contribution in [0, 0.1) is 19.3 Å². The van der Waals surface area contributed by atoms with Crippen LogP contribution in [0.3, 0.4) is 0 Å². The fraction of sp³-hybridized carbons (Fsp3) is 0.600. The summed E-state index contributed by atoms with van der Waals surface area (Å²) >= 11 is 1.60. The molecule has 20 heavy (non-hydrogen) atoms. The number of aromatic amines is 1. The maximum Gasteiger partial charge on any atom is 0.259 e. The third-order valence-electron chi connectivity index (χ3n) is 4.49. The van der Waals surface area contributed by atoms with E-state index in [9.17, 15) is 4.79 Å². The molecule has 2 N–H and O–H groups in total. The number of aromatic nitrogens is 2. The average molecular weight is 291 g/mol. The van der Waals surface area contributed by atoms with Crippen molar-refractivity contribution in [1.29, 1.82) is 0 Å². The fourth-order valence-corrected chi connectivity index (χ4v) is 3.87. The van der Waals surface area contributed by atoms with Crippen molar-refractivity contribution >= 4 is 21.6 Å². The van der Waals surface area contributed by atoms with Crippen LogP contribution in [-0.2, 0) is 6.54 Å². The molecule has 0 radical (unpaired) electrons. The minimum atomic E-state index is -0.0106. The van der Waals surface area contributed by atoms with E-state index in [1.165, 1.54) is 24.1 Å².